The number of hydrogen-bond donors (Lipinski definition) is 0. The molecule has 0 radical (unpaired) electrons. The number of carbonyl (C=O) groups is 1. The molecule has 0 saturated carbocycles. The summed E-state index contributed by atoms with van der Waals surface area (Å²) in [6.07, 6.45) is -9.05. The Labute approximate surface area is 222 Å². The molecular weight excluding hydrogens is 618 g/mol. The molecule has 2 heterocycles. The molecule has 2 saturated heterocycles. The Morgan fingerprint density at radius 3 is 1.42 bits per heavy atom. The number of rotatable bonds is 6. The quantitative estimate of drug-likeness (QED) is 0.303. The average Bonchev–Trinajstić information content (AvgIpc) is 3.43. The summed E-state index contributed by atoms with van der Waals surface area (Å²) in [5.41, 5.74) is 1.04. The van der Waals surface area contributed by atoms with E-state index in [1.165, 1.54) is 0 Å². The minimum atomic E-state index is -5.17. The third-order valence-corrected chi connectivity index (χ3v) is 8.38. The van der Waals surface area contributed by atoms with Crippen molar-refractivity contribution in [1.29, 1.82) is 0 Å². The predicted octanol–water partition coefficient (Wildman–Crippen LogP) is 7.62. The maximum absolute atomic E-state index is 14.5. The Morgan fingerprint density at radius 1 is 0.722 bits per heavy atom. The van der Waals surface area contributed by atoms with Crippen molar-refractivity contribution in [2.75, 3.05) is 13.1 Å². The smallest absolute Gasteiger partial charge is 0.295 e. The molecule has 0 bridgehead atoms. The first-order valence-corrected chi connectivity index (χ1v) is 13.2. The van der Waals surface area contributed by atoms with Crippen LogP contribution >= 0.6 is 31.9 Å². The van der Waals surface area contributed by atoms with Crippen LogP contribution in [0.4, 0.5) is 26.3 Å². The molecule has 196 valence electrons. The van der Waals surface area contributed by atoms with E-state index in [1.54, 1.807) is 48.5 Å². The van der Waals surface area contributed by atoms with E-state index in [9.17, 15) is 31.1 Å². The largest absolute Gasteiger partial charge is 0.411 e. The lowest BCUT2D eigenvalue weighted by molar-refractivity contribution is -0.215. The summed E-state index contributed by atoms with van der Waals surface area (Å²) in [7, 11) is 0. The van der Waals surface area contributed by atoms with Crippen LogP contribution in [-0.2, 0) is 4.79 Å². The molecule has 0 aromatic heterocycles. The van der Waals surface area contributed by atoms with Crippen LogP contribution in [0.25, 0.3) is 0 Å². The van der Waals surface area contributed by atoms with Gasteiger partial charge >= 0.3 is 12.4 Å². The van der Waals surface area contributed by atoms with Crippen molar-refractivity contribution in [2.45, 2.75) is 62.2 Å². The van der Waals surface area contributed by atoms with E-state index in [1.807, 2.05) is 0 Å². The summed E-state index contributed by atoms with van der Waals surface area (Å²) in [6.45, 7) is -0.250. The molecule has 2 aliphatic rings. The summed E-state index contributed by atoms with van der Waals surface area (Å²) in [5.74, 6) is -1.87. The van der Waals surface area contributed by atoms with Gasteiger partial charge in [0.25, 0.3) is 0 Å². The molecule has 2 aliphatic heterocycles. The Balaban J connectivity index is 1.74. The number of hydrogen-bond acceptors (Lipinski definition) is 3. The van der Waals surface area contributed by atoms with Gasteiger partial charge in [0, 0.05) is 21.0 Å². The Bertz CT molecular complexity index is 1010. The van der Waals surface area contributed by atoms with Gasteiger partial charge in [-0.3, -0.25) is 14.6 Å². The van der Waals surface area contributed by atoms with E-state index in [-0.39, 0.29) is 13.1 Å². The van der Waals surface area contributed by atoms with E-state index in [2.05, 4.69) is 31.9 Å². The zero-order chi connectivity index (χ0) is 26.3. The van der Waals surface area contributed by atoms with Gasteiger partial charge in [-0.25, -0.2) is 0 Å². The Hall–Kier alpha value is -1.43. The van der Waals surface area contributed by atoms with Gasteiger partial charge in [0.1, 0.15) is 0 Å². The zero-order valence-electron chi connectivity index (χ0n) is 19.0. The highest BCUT2D eigenvalue weighted by atomic mass is 79.9. The van der Waals surface area contributed by atoms with E-state index >= 15 is 0 Å². The molecular formula is C25H24Br2F6N2O. The molecule has 3 nitrogen and oxygen atoms in total. The zero-order valence-corrected chi connectivity index (χ0v) is 22.2. The van der Waals surface area contributed by atoms with Crippen LogP contribution in [0.15, 0.2) is 57.5 Å². The molecule has 4 unspecified atom stereocenters. The fourth-order valence-corrected chi connectivity index (χ4v) is 6.63. The van der Waals surface area contributed by atoms with Gasteiger partial charge in [0.15, 0.2) is 17.9 Å². The summed E-state index contributed by atoms with van der Waals surface area (Å²) in [4.78, 5) is 15.3. The second-order valence-corrected chi connectivity index (χ2v) is 10.8. The minimum Gasteiger partial charge on any atom is -0.295 e. The molecule has 11 heteroatoms. The van der Waals surface area contributed by atoms with Crippen LogP contribution in [0, 0.1) is 0 Å². The lowest BCUT2D eigenvalue weighted by Gasteiger charge is -2.39. The van der Waals surface area contributed by atoms with Gasteiger partial charge < -0.3 is 0 Å². The molecule has 2 aromatic carbocycles. The summed E-state index contributed by atoms with van der Waals surface area (Å²) >= 11 is 6.68. The van der Waals surface area contributed by atoms with Crippen molar-refractivity contribution in [3.8, 4) is 0 Å². The molecule has 0 amide bonds. The fraction of sp³-hybridized carbons (Fsp3) is 0.480. The SMILES string of the molecule is O=C(C(N1CCCC1c1ccccc1Br)C(F)(F)F)C(N1CCCC1c1ccccc1Br)C(F)(F)F. The molecule has 0 N–H and O–H groups in total. The van der Waals surface area contributed by atoms with Gasteiger partial charge in [0.05, 0.1) is 0 Å². The van der Waals surface area contributed by atoms with Crippen LogP contribution in [0.2, 0.25) is 0 Å². The molecule has 4 atom stereocenters. The maximum atomic E-state index is 14.5. The number of Topliss-reactive ketones (excluding diaryl/α,β-unsaturated/α-hetero) is 1. The molecule has 36 heavy (non-hydrogen) atoms. The predicted molar refractivity (Wildman–Crippen MR) is 130 cm³/mol. The second-order valence-electron chi connectivity index (χ2n) is 9.13. The number of nitrogens with zero attached hydrogens (tertiary/aromatic N) is 2. The van der Waals surface area contributed by atoms with E-state index < -0.39 is 42.3 Å². The van der Waals surface area contributed by atoms with Crippen molar-refractivity contribution in [3.63, 3.8) is 0 Å². The van der Waals surface area contributed by atoms with Gasteiger partial charge in [-0.05, 0) is 62.0 Å². The van der Waals surface area contributed by atoms with Crippen molar-refractivity contribution in [3.05, 3.63) is 68.6 Å². The van der Waals surface area contributed by atoms with Crippen LogP contribution in [0.3, 0.4) is 0 Å². The van der Waals surface area contributed by atoms with E-state index in [0.717, 1.165) is 9.80 Å². The van der Waals surface area contributed by atoms with E-state index in [0.29, 0.717) is 45.8 Å². The highest BCUT2D eigenvalue weighted by molar-refractivity contribution is 9.10. The second kappa shape index (κ2) is 10.7. The van der Waals surface area contributed by atoms with Gasteiger partial charge in [-0.15, -0.1) is 0 Å². The van der Waals surface area contributed by atoms with Crippen molar-refractivity contribution < 1.29 is 31.1 Å². The normalized spacial score (nSPS) is 23.7. The number of likely N-dealkylation sites (tertiary alicyclic amines) is 2. The van der Waals surface area contributed by atoms with Gasteiger partial charge in [0.2, 0.25) is 0 Å². The Morgan fingerprint density at radius 2 is 1.08 bits per heavy atom. The van der Waals surface area contributed by atoms with E-state index in [4.69, 9.17) is 0 Å². The fourth-order valence-electron chi connectivity index (χ4n) is 5.53. The maximum Gasteiger partial charge on any atom is 0.411 e. The first-order valence-electron chi connectivity index (χ1n) is 11.6. The molecule has 2 aromatic rings. The summed E-state index contributed by atoms with van der Waals surface area (Å²) < 4.78 is 87.9. The Kier molecular flexibility index (Phi) is 8.24. The lowest BCUT2D eigenvalue weighted by Crippen LogP contribution is -2.61. The summed E-state index contributed by atoms with van der Waals surface area (Å²) in [6, 6.07) is 5.92. The van der Waals surface area contributed by atoms with Crippen LogP contribution in [0.5, 0.6) is 0 Å². The molecule has 2 fully saturated rings. The van der Waals surface area contributed by atoms with Crippen LogP contribution in [0.1, 0.15) is 48.9 Å². The van der Waals surface area contributed by atoms with Gasteiger partial charge in [-0.1, -0.05) is 68.3 Å². The topological polar surface area (TPSA) is 23.6 Å². The highest BCUT2D eigenvalue weighted by Gasteiger charge is 2.60. The third kappa shape index (κ3) is 5.54. The minimum absolute atomic E-state index is 0.125. The molecule has 0 spiro atoms. The number of ketones is 1. The van der Waals surface area contributed by atoms with Crippen molar-refractivity contribution >= 4 is 37.6 Å². The highest BCUT2D eigenvalue weighted by Crippen LogP contribution is 2.45. The first-order chi connectivity index (χ1) is 16.9. The number of halogens is 8. The standard InChI is InChI=1S/C25H24Br2F6N2O/c26-17-9-3-1-7-15(17)19-11-5-13-34(19)22(24(28,29)30)21(36)23(25(31,32)33)35-14-6-12-20(35)16-8-2-4-10-18(16)27/h1-4,7-10,19-20,22-23H,5-6,11-14H2. The molecule has 4 rings (SSSR count). The van der Waals surface area contributed by atoms with Crippen LogP contribution < -0.4 is 0 Å². The first kappa shape index (κ1) is 27.6. The lowest BCUT2D eigenvalue weighted by atomic mass is 9.96. The number of benzene rings is 2. The number of alkyl halides is 6. The summed E-state index contributed by atoms with van der Waals surface area (Å²) in [5, 5.41) is 0. The monoisotopic (exact) mass is 640 g/mol. The van der Waals surface area contributed by atoms with Crippen molar-refractivity contribution in [2.24, 2.45) is 0 Å². The third-order valence-electron chi connectivity index (χ3n) is 6.94. The van der Waals surface area contributed by atoms with Gasteiger partial charge in [-0.2, -0.15) is 26.3 Å². The molecule has 0 aliphatic carbocycles. The number of carbonyl (C=O) groups excluding carboxylic acids is 1. The van der Waals surface area contributed by atoms with Crippen LogP contribution in [-0.4, -0.2) is 53.1 Å². The average molecular weight is 642 g/mol. The van der Waals surface area contributed by atoms with Crippen molar-refractivity contribution in [1.82, 2.24) is 9.80 Å².